The molecule has 3 N–H and O–H groups in total. The molecule has 6 nitrogen and oxygen atoms in total. The van der Waals surface area contributed by atoms with Gasteiger partial charge in [-0.2, -0.15) is 0 Å². The molecule has 2 aromatic carbocycles. The molecule has 3 aromatic rings. The van der Waals surface area contributed by atoms with Crippen molar-refractivity contribution in [1.29, 1.82) is 5.41 Å². The van der Waals surface area contributed by atoms with E-state index in [0.717, 1.165) is 35.5 Å². The van der Waals surface area contributed by atoms with Gasteiger partial charge in [-0.05, 0) is 48.6 Å². The van der Waals surface area contributed by atoms with Crippen molar-refractivity contribution >= 4 is 44.5 Å². The maximum Gasteiger partial charge on any atom is 0.208 e. The molecule has 2 heterocycles. The average molecular weight is 488 g/mol. The van der Waals surface area contributed by atoms with Gasteiger partial charge in [0.1, 0.15) is 5.84 Å². The van der Waals surface area contributed by atoms with Crippen LogP contribution in [0.15, 0.2) is 62.5 Å². The van der Waals surface area contributed by atoms with Crippen LogP contribution in [0, 0.1) is 12.3 Å². The third-order valence-electron chi connectivity index (χ3n) is 5.44. The zero-order valence-corrected chi connectivity index (χ0v) is 20.4. The Hall–Kier alpha value is -2.33. The van der Waals surface area contributed by atoms with E-state index in [-0.39, 0.29) is 15.6 Å². The SMILES string of the molecule is CSc1sc(C(=N)N)cc1S(=O)(=O)c1cccc(-c2c(C)cccc2N2CCOCC2)c1. The average Bonchev–Trinajstić information content (AvgIpc) is 3.25. The van der Waals surface area contributed by atoms with Crippen LogP contribution in [0.1, 0.15) is 10.4 Å². The lowest BCUT2D eigenvalue weighted by Gasteiger charge is -2.31. The number of nitrogens with one attached hydrogen (secondary N) is 1. The van der Waals surface area contributed by atoms with Crippen molar-refractivity contribution in [2.45, 2.75) is 20.9 Å². The Morgan fingerprint density at radius 1 is 1.16 bits per heavy atom. The molecule has 32 heavy (non-hydrogen) atoms. The number of sulfone groups is 1. The number of nitrogens with two attached hydrogens (primary N) is 1. The van der Waals surface area contributed by atoms with E-state index in [1.807, 2.05) is 31.4 Å². The highest BCUT2D eigenvalue weighted by Gasteiger charge is 2.26. The Morgan fingerprint density at radius 3 is 2.56 bits per heavy atom. The van der Waals surface area contributed by atoms with Gasteiger partial charge >= 0.3 is 0 Å². The second-order valence-electron chi connectivity index (χ2n) is 7.48. The third kappa shape index (κ3) is 4.30. The van der Waals surface area contributed by atoms with Crippen LogP contribution in [-0.4, -0.2) is 46.8 Å². The lowest BCUT2D eigenvalue weighted by Crippen LogP contribution is -2.36. The lowest BCUT2D eigenvalue weighted by molar-refractivity contribution is 0.123. The number of hydrogen-bond acceptors (Lipinski definition) is 7. The summed E-state index contributed by atoms with van der Waals surface area (Å²) in [6.45, 7) is 5.00. The third-order valence-corrected chi connectivity index (χ3v) is 9.78. The van der Waals surface area contributed by atoms with Crippen LogP contribution < -0.4 is 10.6 Å². The zero-order chi connectivity index (χ0) is 22.9. The Morgan fingerprint density at radius 2 is 1.88 bits per heavy atom. The van der Waals surface area contributed by atoms with Crippen molar-refractivity contribution in [3.8, 4) is 11.1 Å². The molecule has 9 heteroatoms. The lowest BCUT2D eigenvalue weighted by atomic mass is 9.97. The molecule has 0 atom stereocenters. The maximum atomic E-state index is 13.6. The van der Waals surface area contributed by atoms with E-state index >= 15 is 0 Å². The summed E-state index contributed by atoms with van der Waals surface area (Å²) in [5, 5.41) is 7.69. The van der Waals surface area contributed by atoms with Gasteiger partial charge in [-0.1, -0.05) is 24.3 Å². The summed E-state index contributed by atoms with van der Waals surface area (Å²) in [5.41, 5.74) is 9.68. The van der Waals surface area contributed by atoms with Crippen LogP contribution in [0.5, 0.6) is 0 Å². The van der Waals surface area contributed by atoms with Crippen LogP contribution in [0.4, 0.5) is 5.69 Å². The normalized spacial score (nSPS) is 14.5. The van der Waals surface area contributed by atoms with Gasteiger partial charge in [0.15, 0.2) is 0 Å². The van der Waals surface area contributed by atoms with E-state index in [1.54, 1.807) is 18.2 Å². The molecular formula is C23H25N3O3S3. The van der Waals surface area contributed by atoms with Gasteiger partial charge in [0, 0.05) is 24.3 Å². The van der Waals surface area contributed by atoms with E-state index in [1.165, 1.54) is 29.2 Å². The number of benzene rings is 2. The number of amidine groups is 1. The number of rotatable bonds is 6. The predicted octanol–water partition coefficient (Wildman–Crippen LogP) is 4.40. The highest BCUT2D eigenvalue weighted by molar-refractivity contribution is 8.01. The van der Waals surface area contributed by atoms with E-state index in [2.05, 4.69) is 11.0 Å². The van der Waals surface area contributed by atoms with Gasteiger partial charge in [0.2, 0.25) is 9.84 Å². The van der Waals surface area contributed by atoms with Crippen LogP contribution in [0.2, 0.25) is 0 Å². The van der Waals surface area contributed by atoms with Crippen LogP contribution >= 0.6 is 23.1 Å². The second kappa shape index (κ2) is 9.27. The Bertz CT molecular complexity index is 1260. The zero-order valence-electron chi connectivity index (χ0n) is 17.9. The summed E-state index contributed by atoms with van der Waals surface area (Å²) in [4.78, 5) is 3.18. The summed E-state index contributed by atoms with van der Waals surface area (Å²) in [6.07, 6.45) is 1.83. The molecule has 0 saturated carbocycles. The van der Waals surface area contributed by atoms with Crippen molar-refractivity contribution < 1.29 is 13.2 Å². The first-order valence-electron chi connectivity index (χ1n) is 10.1. The predicted molar refractivity (Wildman–Crippen MR) is 132 cm³/mol. The number of anilines is 1. The van der Waals surface area contributed by atoms with E-state index in [9.17, 15) is 8.42 Å². The highest BCUT2D eigenvalue weighted by atomic mass is 32.2. The first-order valence-corrected chi connectivity index (χ1v) is 13.7. The molecule has 1 saturated heterocycles. The van der Waals surface area contributed by atoms with Crippen LogP contribution in [0.3, 0.4) is 0 Å². The number of nitrogen functional groups attached to an aromatic ring is 1. The Kier molecular flexibility index (Phi) is 6.62. The Balaban J connectivity index is 1.81. The summed E-state index contributed by atoms with van der Waals surface area (Å²) < 4.78 is 33.3. The van der Waals surface area contributed by atoms with Gasteiger partial charge in [0.05, 0.1) is 32.1 Å². The number of aryl methyl sites for hydroxylation is 1. The van der Waals surface area contributed by atoms with Gasteiger partial charge in [0.25, 0.3) is 0 Å². The van der Waals surface area contributed by atoms with Crippen molar-refractivity contribution in [2.75, 3.05) is 37.5 Å². The molecule has 168 valence electrons. The number of nitrogens with zero attached hydrogens (tertiary/aromatic N) is 1. The molecule has 0 unspecified atom stereocenters. The molecule has 0 spiro atoms. The van der Waals surface area contributed by atoms with Crippen LogP contribution in [-0.2, 0) is 14.6 Å². The van der Waals surface area contributed by atoms with E-state index < -0.39 is 9.84 Å². The smallest absolute Gasteiger partial charge is 0.208 e. The van der Waals surface area contributed by atoms with Gasteiger partial charge in [-0.3, -0.25) is 5.41 Å². The van der Waals surface area contributed by atoms with Crippen molar-refractivity contribution in [3.63, 3.8) is 0 Å². The van der Waals surface area contributed by atoms with Crippen molar-refractivity contribution in [2.24, 2.45) is 5.73 Å². The van der Waals surface area contributed by atoms with Crippen molar-refractivity contribution in [3.05, 3.63) is 59.0 Å². The first kappa shape index (κ1) is 22.8. The molecule has 1 aromatic heterocycles. The topological polar surface area (TPSA) is 96.5 Å². The molecule has 0 amide bonds. The van der Waals surface area contributed by atoms with Gasteiger partial charge in [-0.15, -0.1) is 23.1 Å². The number of thiophene rings is 1. The molecule has 1 aliphatic heterocycles. The number of ether oxygens (including phenoxy) is 1. The highest BCUT2D eigenvalue weighted by Crippen LogP contribution is 2.39. The monoisotopic (exact) mass is 487 g/mol. The molecule has 0 bridgehead atoms. The summed E-state index contributed by atoms with van der Waals surface area (Å²) >= 11 is 2.58. The molecule has 0 aliphatic carbocycles. The van der Waals surface area contributed by atoms with Gasteiger partial charge in [-0.25, -0.2) is 8.42 Å². The summed E-state index contributed by atoms with van der Waals surface area (Å²) in [5.74, 6) is -0.129. The molecule has 1 aliphatic rings. The standard InChI is InChI=1S/C23H25N3O3S3/c1-15-5-3-8-18(26-9-11-29-12-10-26)21(15)16-6-4-7-17(13-16)32(27,28)20-14-19(22(24)25)31-23(20)30-2/h3-8,13-14H,9-12H2,1-2H3,(H3,24,25). The molecular weight excluding hydrogens is 462 g/mol. The fourth-order valence-electron chi connectivity index (χ4n) is 3.86. The summed E-state index contributed by atoms with van der Waals surface area (Å²) in [6, 6.07) is 14.8. The maximum absolute atomic E-state index is 13.6. The van der Waals surface area contributed by atoms with E-state index in [0.29, 0.717) is 22.3 Å². The largest absolute Gasteiger partial charge is 0.383 e. The fourth-order valence-corrected chi connectivity index (χ4v) is 7.76. The van der Waals surface area contributed by atoms with Crippen molar-refractivity contribution in [1.82, 2.24) is 0 Å². The second-order valence-corrected chi connectivity index (χ2v) is 11.5. The molecule has 1 fully saturated rings. The molecule has 4 rings (SSSR count). The summed E-state index contributed by atoms with van der Waals surface area (Å²) in [7, 11) is -3.77. The quantitative estimate of drug-likeness (QED) is 0.304. The molecule has 0 radical (unpaired) electrons. The minimum absolute atomic E-state index is 0.129. The minimum atomic E-state index is -3.77. The van der Waals surface area contributed by atoms with E-state index in [4.69, 9.17) is 15.9 Å². The van der Waals surface area contributed by atoms with Gasteiger partial charge < -0.3 is 15.4 Å². The first-order chi connectivity index (χ1) is 15.3. The number of morpholine rings is 1. The fraction of sp³-hybridized carbons (Fsp3) is 0.261. The number of thioether (sulfide) groups is 1. The minimum Gasteiger partial charge on any atom is -0.383 e. The van der Waals surface area contributed by atoms with Crippen LogP contribution in [0.25, 0.3) is 11.1 Å². The number of hydrogen-bond donors (Lipinski definition) is 2. The Labute approximate surface area is 196 Å².